The minimum absolute atomic E-state index is 0.477. The third-order valence-corrected chi connectivity index (χ3v) is 1.52. The summed E-state index contributed by atoms with van der Waals surface area (Å²) in [5.74, 6) is 0. The summed E-state index contributed by atoms with van der Waals surface area (Å²) in [5, 5.41) is 16.9. The van der Waals surface area contributed by atoms with Crippen LogP contribution in [0.25, 0.3) is 0 Å². The van der Waals surface area contributed by atoms with Gasteiger partial charge in [0.25, 0.3) is 0 Å². The van der Waals surface area contributed by atoms with E-state index in [1.54, 1.807) is 5.51 Å². The van der Waals surface area contributed by atoms with Gasteiger partial charge in [0, 0.05) is 6.20 Å². The molecule has 1 aromatic rings. The van der Waals surface area contributed by atoms with Gasteiger partial charge in [0.15, 0.2) is 0 Å². The standard InChI is InChI=1S/C3H4BNO2S/c6-4(7)3-1-5-2-8-3/h1-2,6-7H. The highest BCUT2D eigenvalue weighted by atomic mass is 32.1. The normalized spacial score (nSPS) is 9.25. The van der Waals surface area contributed by atoms with Crippen molar-refractivity contribution in [3.8, 4) is 0 Å². The average molecular weight is 129 g/mol. The first-order chi connectivity index (χ1) is 3.80. The van der Waals surface area contributed by atoms with Gasteiger partial charge in [0.05, 0.1) is 10.3 Å². The van der Waals surface area contributed by atoms with Crippen molar-refractivity contribution in [3.05, 3.63) is 11.7 Å². The van der Waals surface area contributed by atoms with Crippen molar-refractivity contribution in [1.82, 2.24) is 4.98 Å². The first-order valence-electron chi connectivity index (χ1n) is 2.05. The van der Waals surface area contributed by atoms with Crippen LogP contribution in [-0.4, -0.2) is 22.2 Å². The lowest BCUT2D eigenvalue weighted by Gasteiger charge is -1.85. The van der Waals surface area contributed by atoms with Crippen LogP contribution in [0.3, 0.4) is 0 Å². The summed E-state index contributed by atoms with van der Waals surface area (Å²) in [6, 6.07) is 0. The molecule has 0 bridgehead atoms. The average Bonchev–Trinajstić information content (AvgIpc) is 2.12. The van der Waals surface area contributed by atoms with Crippen molar-refractivity contribution >= 4 is 23.2 Å². The number of nitrogens with zero attached hydrogens (tertiary/aromatic N) is 1. The quantitative estimate of drug-likeness (QED) is 0.469. The molecule has 0 aliphatic rings. The van der Waals surface area contributed by atoms with Gasteiger partial charge in [-0.1, -0.05) is 0 Å². The highest BCUT2D eigenvalue weighted by Gasteiger charge is 2.10. The Hall–Kier alpha value is -0.385. The van der Waals surface area contributed by atoms with Crippen LogP contribution in [0.4, 0.5) is 0 Å². The number of thiazole rings is 1. The van der Waals surface area contributed by atoms with Crippen LogP contribution in [0.1, 0.15) is 0 Å². The van der Waals surface area contributed by atoms with Crippen molar-refractivity contribution in [3.63, 3.8) is 0 Å². The summed E-state index contributed by atoms with van der Waals surface area (Å²) >= 11 is 1.22. The fraction of sp³-hybridized carbons (Fsp3) is 0. The van der Waals surface area contributed by atoms with Crippen LogP contribution in [0.2, 0.25) is 0 Å². The highest BCUT2D eigenvalue weighted by Crippen LogP contribution is 1.87. The summed E-state index contributed by atoms with van der Waals surface area (Å²) in [5.41, 5.74) is 1.55. The van der Waals surface area contributed by atoms with E-state index in [1.165, 1.54) is 17.5 Å². The van der Waals surface area contributed by atoms with E-state index in [1.807, 2.05) is 0 Å². The summed E-state index contributed by atoms with van der Waals surface area (Å²) in [6.45, 7) is 0. The maximum absolute atomic E-state index is 8.44. The molecule has 0 spiro atoms. The molecule has 2 N–H and O–H groups in total. The Balaban J connectivity index is 2.77. The predicted molar refractivity (Wildman–Crippen MR) is 31.9 cm³/mol. The number of rotatable bonds is 1. The topological polar surface area (TPSA) is 53.4 Å². The molecule has 3 nitrogen and oxygen atoms in total. The second-order valence-electron chi connectivity index (χ2n) is 1.28. The number of hydrogen-bond acceptors (Lipinski definition) is 4. The molecule has 0 radical (unpaired) electrons. The zero-order chi connectivity index (χ0) is 5.98. The van der Waals surface area contributed by atoms with Crippen LogP contribution in [0.15, 0.2) is 11.7 Å². The zero-order valence-corrected chi connectivity index (χ0v) is 4.80. The molecule has 5 heteroatoms. The minimum atomic E-state index is -1.36. The molecule has 1 rings (SSSR count). The van der Waals surface area contributed by atoms with E-state index >= 15 is 0 Å². The van der Waals surface area contributed by atoms with E-state index in [-0.39, 0.29) is 0 Å². The van der Waals surface area contributed by atoms with Gasteiger partial charge in [0.2, 0.25) is 0 Å². The molecule has 1 aromatic heterocycles. The molecular weight excluding hydrogens is 125 g/mol. The summed E-state index contributed by atoms with van der Waals surface area (Å²) in [6.07, 6.45) is 1.43. The molecule has 8 heavy (non-hydrogen) atoms. The van der Waals surface area contributed by atoms with Gasteiger partial charge in [-0.15, -0.1) is 11.3 Å². The van der Waals surface area contributed by atoms with Crippen LogP contribution in [0.5, 0.6) is 0 Å². The lowest BCUT2D eigenvalue weighted by atomic mass is 9.91. The first-order valence-corrected chi connectivity index (χ1v) is 2.93. The molecule has 0 unspecified atom stereocenters. The van der Waals surface area contributed by atoms with Crippen molar-refractivity contribution in [2.75, 3.05) is 0 Å². The van der Waals surface area contributed by atoms with Crippen LogP contribution in [0, 0.1) is 0 Å². The molecule has 42 valence electrons. The highest BCUT2D eigenvalue weighted by molar-refractivity contribution is 7.20. The smallest absolute Gasteiger partial charge is 0.423 e. The Bertz CT molecular complexity index is 152. The van der Waals surface area contributed by atoms with Gasteiger partial charge < -0.3 is 10.0 Å². The largest absolute Gasteiger partial charge is 0.500 e. The lowest BCUT2D eigenvalue weighted by molar-refractivity contribution is 0.427. The van der Waals surface area contributed by atoms with Gasteiger partial charge in [-0.05, 0) is 0 Å². The fourth-order valence-electron chi connectivity index (χ4n) is 0.353. The van der Waals surface area contributed by atoms with E-state index in [9.17, 15) is 0 Å². The Morgan fingerprint density at radius 1 is 1.62 bits per heavy atom. The third-order valence-electron chi connectivity index (χ3n) is 0.706. The molecule has 0 amide bonds. The lowest BCUT2D eigenvalue weighted by Crippen LogP contribution is -2.26. The predicted octanol–water partition coefficient (Wildman–Crippen LogP) is -1.18. The molecule has 0 saturated carbocycles. The van der Waals surface area contributed by atoms with E-state index in [2.05, 4.69) is 4.98 Å². The van der Waals surface area contributed by atoms with Gasteiger partial charge in [-0.3, -0.25) is 4.98 Å². The summed E-state index contributed by atoms with van der Waals surface area (Å²) in [4.78, 5) is 3.64. The molecular formula is C3H4BNO2S. The first kappa shape index (κ1) is 5.75. The second-order valence-corrected chi connectivity index (χ2v) is 2.20. The van der Waals surface area contributed by atoms with E-state index in [4.69, 9.17) is 10.0 Å². The van der Waals surface area contributed by atoms with Gasteiger partial charge in [0.1, 0.15) is 0 Å². The Labute approximate surface area is 50.8 Å². The fourth-order valence-corrected chi connectivity index (χ4v) is 0.840. The Morgan fingerprint density at radius 3 is 2.62 bits per heavy atom. The van der Waals surface area contributed by atoms with E-state index in [0.717, 1.165) is 0 Å². The molecule has 0 saturated heterocycles. The maximum Gasteiger partial charge on any atom is 0.500 e. The molecule has 1 heterocycles. The van der Waals surface area contributed by atoms with Crippen LogP contribution >= 0.6 is 11.3 Å². The Morgan fingerprint density at radius 2 is 2.38 bits per heavy atom. The van der Waals surface area contributed by atoms with Crippen molar-refractivity contribution in [2.45, 2.75) is 0 Å². The summed E-state index contributed by atoms with van der Waals surface area (Å²) in [7, 11) is -1.36. The van der Waals surface area contributed by atoms with Crippen molar-refractivity contribution in [1.29, 1.82) is 0 Å². The second kappa shape index (κ2) is 2.26. The molecule has 0 aliphatic heterocycles. The van der Waals surface area contributed by atoms with E-state index in [0.29, 0.717) is 4.78 Å². The Kier molecular flexibility index (Phi) is 1.62. The summed E-state index contributed by atoms with van der Waals surface area (Å²) < 4.78 is 0.477. The van der Waals surface area contributed by atoms with Crippen molar-refractivity contribution in [2.24, 2.45) is 0 Å². The van der Waals surface area contributed by atoms with Gasteiger partial charge in [-0.2, -0.15) is 0 Å². The number of hydrogen-bond donors (Lipinski definition) is 2. The van der Waals surface area contributed by atoms with Crippen molar-refractivity contribution < 1.29 is 10.0 Å². The monoisotopic (exact) mass is 129 g/mol. The molecule has 0 atom stereocenters. The maximum atomic E-state index is 8.44. The van der Waals surface area contributed by atoms with Gasteiger partial charge >= 0.3 is 7.12 Å². The van der Waals surface area contributed by atoms with Gasteiger partial charge in [-0.25, -0.2) is 0 Å². The molecule has 0 fully saturated rings. The molecule has 0 aliphatic carbocycles. The van der Waals surface area contributed by atoms with E-state index < -0.39 is 7.12 Å². The molecule has 0 aromatic carbocycles. The minimum Gasteiger partial charge on any atom is -0.423 e. The third kappa shape index (κ3) is 1.06. The van der Waals surface area contributed by atoms with Crippen LogP contribution < -0.4 is 4.78 Å². The van der Waals surface area contributed by atoms with Crippen LogP contribution in [-0.2, 0) is 0 Å². The number of aromatic nitrogens is 1. The zero-order valence-electron chi connectivity index (χ0n) is 3.98. The SMILES string of the molecule is OB(O)c1cncs1.